The van der Waals surface area contributed by atoms with E-state index in [1.807, 2.05) is 0 Å². The number of benzene rings is 2. The van der Waals surface area contributed by atoms with Crippen LogP contribution in [-0.2, 0) is 6.42 Å². The molecule has 0 bridgehead atoms. The normalized spacial score (nSPS) is 25.1. The van der Waals surface area contributed by atoms with E-state index in [1.165, 1.54) is 49.0 Å². The Balaban J connectivity index is 1.53. The van der Waals surface area contributed by atoms with Crippen LogP contribution in [0.25, 0.3) is 0 Å². The van der Waals surface area contributed by atoms with Gasteiger partial charge in [0.2, 0.25) is 0 Å². The number of nitrogens with two attached hydrogens (primary N) is 1. The maximum Gasteiger partial charge on any atom is 0.0354 e. The van der Waals surface area contributed by atoms with Gasteiger partial charge < -0.3 is 5.73 Å². The first kappa shape index (κ1) is 12.9. The van der Waals surface area contributed by atoms with Crippen LogP contribution in [0.3, 0.4) is 0 Å². The summed E-state index contributed by atoms with van der Waals surface area (Å²) in [6, 6.07) is 18.1. The predicted octanol–water partition coefficient (Wildman–Crippen LogP) is 3.75. The lowest BCUT2D eigenvalue weighted by Crippen LogP contribution is -2.24. The number of likely N-dealkylation sites (tertiary alicyclic amines) is 1. The summed E-state index contributed by atoms with van der Waals surface area (Å²) in [7, 11) is 0. The molecule has 2 aliphatic rings. The van der Waals surface area contributed by atoms with Crippen LogP contribution in [0, 0.1) is 0 Å². The number of nitrogens with zero attached hydrogens (tertiary/aromatic N) is 1. The lowest BCUT2D eigenvalue weighted by molar-refractivity contribution is 0.242. The van der Waals surface area contributed by atoms with Crippen LogP contribution in [0.2, 0.25) is 0 Å². The van der Waals surface area contributed by atoms with Crippen LogP contribution in [0.5, 0.6) is 0 Å². The molecule has 2 nitrogen and oxygen atoms in total. The van der Waals surface area contributed by atoms with Crippen molar-refractivity contribution in [3.05, 3.63) is 65.2 Å². The first-order valence-electron chi connectivity index (χ1n) is 7.98. The molecule has 1 saturated heterocycles. The number of hydrogen-bond acceptors (Lipinski definition) is 2. The van der Waals surface area contributed by atoms with E-state index in [9.17, 15) is 0 Å². The smallest absolute Gasteiger partial charge is 0.0354 e. The highest BCUT2D eigenvalue weighted by atomic mass is 15.2. The minimum absolute atomic E-state index is 0.606. The summed E-state index contributed by atoms with van der Waals surface area (Å²) < 4.78 is 0. The van der Waals surface area contributed by atoms with Gasteiger partial charge in [-0.3, -0.25) is 4.90 Å². The SMILES string of the molecule is Nc1ccc2c(c1)CCC2N1CCC(c2ccccc2)C1. The Kier molecular flexibility index (Phi) is 3.19. The van der Waals surface area contributed by atoms with E-state index >= 15 is 0 Å². The number of nitrogen functional groups attached to an aromatic ring is 1. The molecule has 1 fully saturated rings. The molecule has 2 N–H and O–H groups in total. The molecular formula is C19H22N2. The van der Waals surface area contributed by atoms with E-state index < -0.39 is 0 Å². The Morgan fingerprint density at radius 1 is 1.00 bits per heavy atom. The van der Waals surface area contributed by atoms with Gasteiger partial charge in [0, 0.05) is 18.3 Å². The molecule has 2 atom stereocenters. The largest absolute Gasteiger partial charge is 0.399 e. The molecule has 21 heavy (non-hydrogen) atoms. The van der Waals surface area contributed by atoms with Gasteiger partial charge in [0.15, 0.2) is 0 Å². The second kappa shape index (κ2) is 5.19. The molecule has 4 rings (SSSR count). The molecule has 0 spiro atoms. The number of hydrogen-bond donors (Lipinski definition) is 1. The molecule has 1 aliphatic carbocycles. The average molecular weight is 278 g/mol. The number of anilines is 1. The quantitative estimate of drug-likeness (QED) is 0.848. The average Bonchev–Trinajstić information content (AvgIpc) is 3.13. The first-order chi connectivity index (χ1) is 10.3. The Hall–Kier alpha value is -1.80. The second-order valence-corrected chi connectivity index (χ2v) is 6.40. The lowest BCUT2D eigenvalue weighted by Gasteiger charge is -2.25. The van der Waals surface area contributed by atoms with Crippen LogP contribution in [0.4, 0.5) is 5.69 Å². The highest BCUT2D eigenvalue weighted by Gasteiger charge is 2.33. The molecule has 0 amide bonds. The Morgan fingerprint density at radius 3 is 2.71 bits per heavy atom. The Bertz CT molecular complexity index is 635. The Morgan fingerprint density at radius 2 is 1.86 bits per heavy atom. The summed E-state index contributed by atoms with van der Waals surface area (Å²) in [4.78, 5) is 2.68. The van der Waals surface area contributed by atoms with Crippen LogP contribution < -0.4 is 5.73 Å². The zero-order valence-electron chi connectivity index (χ0n) is 12.3. The molecule has 1 aliphatic heterocycles. The van der Waals surface area contributed by atoms with Gasteiger partial charge in [-0.2, -0.15) is 0 Å². The van der Waals surface area contributed by atoms with Gasteiger partial charge in [-0.15, -0.1) is 0 Å². The molecule has 2 aromatic rings. The number of aryl methyl sites for hydroxylation is 1. The van der Waals surface area contributed by atoms with Crippen LogP contribution in [-0.4, -0.2) is 18.0 Å². The van der Waals surface area contributed by atoms with Crippen LogP contribution >= 0.6 is 0 Å². The molecule has 0 aromatic heterocycles. The van der Waals surface area contributed by atoms with Crippen molar-refractivity contribution >= 4 is 5.69 Å². The van der Waals surface area contributed by atoms with E-state index in [-0.39, 0.29) is 0 Å². The minimum atomic E-state index is 0.606. The van der Waals surface area contributed by atoms with Gasteiger partial charge in [-0.05, 0) is 60.5 Å². The van der Waals surface area contributed by atoms with Crippen molar-refractivity contribution in [1.29, 1.82) is 0 Å². The van der Waals surface area contributed by atoms with Crippen molar-refractivity contribution in [2.24, 2.45) is 0 Å². The topological polar surface area (TPSA) is 29.3 Å². The highest BCUT2D eigenvalue weighted by Crippen LogP contribution is 2.40. The van der Waals surface area contributed by atoms with E-state index in [2.05, 4.69) is 53.4 Å². The van der Waals surface area contributed by atoms with Crippen molar-refractivity contribution in [3.63, 3.8) is 0 Å². The third-order valence-corrected chi connectivity index (χ3v) is 5.14. The molecular weight excluding hydrogens is 256 g/mol. The maximum atomic E-state index is 5.91. The molecule has 0 saturated carbocycles. The standard InChI is InChI=1S/C19H22N2/c20-17-7-8-18-15(12-17)6-9-19(18)21-11-10-16(13-21)14-4-2-1-3-5-14/h1-5,7-8,12,16,19H,6,9-11,13,20H2. The van der Waals surface area contributed by atoms with Gasteiger partial charge >= 0.3 is 0 Å². The van der Waals surface area contributed by atoms with Crippen molar-refractivity contribution in [3.8, 4) is 0 Å². The summed E-state index contributed by atoms with van der Waals surface area (Å²) in [6.07, 6.45) is 3.71. The fourth-order valence-electron chi connectivity index (χ4n) is 4.06. The van der Waals surface area contributed by atoms with E-state index in [1.54, 1.807) is 0 Å². The monoisotopic (exact) mass is 278 g/mol. The third kappa shape index (κ3) is 2.34. The van der Waals surface area contributed by atoms with Crippen molar-refractivity contribution in [2.45, 2.75) is 31.2 Å². The summed E-state index contributed by atoms with van der Waals surface area (Å²) in [5.74, 6) is 0.698. The van der Waals surface area contributed by atoms with Gasteiger partial charge in [0.05, 0.1) is 0 Å². The van der Waals surface area contributed by atoms with Crippen molar-refractivity contribution in [1.82, 2.24) is 4.90 Å². The molecule has 108 valence electrons. The van der Waals surface area contributed by atoms with Crippen LogP contribution in [0.1, 0.15) is 41.5 Å². The summed E-state index contributed by atoms with van der Waals surface area (Å²) >= 11 is 0. The molecule has 2 heteroatoms. The second-order valence-electron chi connectivity index (χ2n) is 6.40. The molecule has 2 unspecified atom stereocenters. The molecule has 0 radical (unpaired) electrons. The van der Waals surface area contributed by atoms with E-state index in [4.69, 9.17) is 5.73 Å². The fourth-order valence-corrected chi connectivity index (χ4v) is 4.06. The minimum Gasteiger partial charge on any atom is -0.399 e. The van der Waals surface area contributed by atoms with Crippen LogP contribution in [0.15, 0.2) is 48.5 Å². The maximum absolute atomic E-state index is 5.91. The number of fused-ring (bicyclic) bond motifs is 1. The van der Waals surface area contributed by atoms with Crippen molar-refractivity contribution in [2.75, 3.05) is 18.8 Å². The fraction of sp³-hybridized carbons (Fsp3) is 0.368. The number of rotatable bonds is 2. The van der Waals surface area contributed by atoms with E-state index in [0.717, 1.165) is 5.69 Å². The predicted molar refractivity (Wildman–Crippen MR) is 87.3 cm³/mol. The molecule has 2 aromatic carbocycles. The lowest BCUT2D eigenvalue weighted by atomic mass is 9.98. The van der Waals surface area contributed by atoms with Gasteiger partial charge in [-0.25, -0.2) is 0 Å². The van der Waals surface area contributed by atoms with E-state index in [0.29, 0.717) is 12.0 Å². The van der Waals surface area contributed by atoms with Gasteiger partial charge in [-0.1, -0.05) is 36.4 Å². The first-order valence-corrected chi connectivity index (χ1v) is 7.98. The van der Waals surface area contributed by atoms with Gasteiger partial charge in [0.25, 0.3) is 0 Å². The highest BCUT2D eigenvalue weighted by molar-refractivity contribution is 5.47. The summed E-state index contributed by atoms with van der Waals surface area (Å²) in [5.41, 5.74) is 11.3. The van der Waals surface area contributed by atoms with Gasteiger partial charge in [0.1, 0.15) is 0 Å². The summed E-state index contributed by atoms with van der Waals surface area (Å²) in [5, 5.41) is 0. The summed E-state index contributed by atoms with van der Waals surface area (Å²) in [6.45, 7) is 2.41. The Labute approximate surface area is 126 Å². The van der Waals surface area contributed by atoms with Crippen molar-refractivity contribution < 1.29 is 0 Å². The zero-order valence-corrected chi connectivity index (χ0v) is 12.3. The zero-order chi connectivity index (χ0) is 14.2. The third-order valence-electron chi connectivity index (χ3n) is 5.14. The molecule has 1 heterocycles.